The smallest absolute Gasteiger partial charge is 0.0343 e. The summed E-state index contributed by atoms with van der Waals surface area (Å²) in [5, 5.41) is 0. The molecule has 2 aromatic rings. The highest BCUT2D eigenvalue weighted by atomic mass is 14.6. The molecule has 2 rings (SSSR count). The second-order valence-electron chi connectivity index (χ2n) is 4.12. The van der Waals surface area contributed by atoms with E-state index in [-0.39, 0.29) is 0 Å². The highest BCUT2D eigenvalue weighted by Crippen LogP contribution is 2.14. The summed E-state index contributed by atoms with van der Waals surface area (Å²) in [6, 6.07) is 10.5. The van der Waals surface area contributed by atoms with Crippen LogP contribution in [-0.4, -0.2) is 4.98 Å². The van der Waals surface area contributed by atoms with E-state index in [1.807, 2.05) is 12.4 Å². The van der Waals surface area contributed by atoms with Gasteiger partial charge in [0.25, 0.3) is 0 Å². The molecule has 0 radical (unpaired) electrons. The molecule has 0 spiro atoms. The van der Waals surface area contributed by atoms with Crippen molar-refractivity contribution in [3.63, 3.8) is 0 Å². The third kappa shape index (κ3) is 2.82. The van der Waals surface area contributed by atoms with Crippen LogP contribution in [0.5, 0.6) is 0 Å². The summed E-state index contributed by atoms with van der Waals surface area (Å²) < 4.78 is 0. The fourth-order valence-corrected chi connectivity index (χ4v) is 1.86. The predicted octanol–water partition coefficient (Wildman–Crippen LogP) is 4.12. The lowest BCUT2D eigenvalue weighted by molar-refractivity contribution is 1.11. The van der Waals surface area contributed by atoms with Gasteiger partial charge in [-0.05, 0) is 41.7 Å². The first-order valence-corrected chi connectivity index (χ1v) is 5.98. The van der Waals surface area contributed by atoms with Crippen molar-refractivity contribution in [3.8, 4) is 0 Å². The summed E-state index contributed by atoms with van der Waals surface area (Å²) in [4.78, 5) is 4.18. The fourth-order valence-electron chi connectivity index (χ4n) is 1.86. The van der Waals surface area contributed by atoms with Gasteiger partial charge in [-0.3, -0.25) is 4.98 Å². The minimum Gasteiger partial charge on any atom is -0.264 e. The van der Waals surface area contributed by atoms with Crippen LogP contribution in [0.15, 0.2) is 42.7 Å². The Labute approximate surface area is 103 Å². The van der Waals surface area contributed by atoms with Crippen LogP contribution in [0.4, 0.5) is 0 Å². The number of rotatable bonds is 3. The Balaban J connectivity index is 2.29. The maximum atomic E-state index is 4.18. The van der Waals surface area contributed by atoms with Gasteiger partial charge in [0.15, 0.2) is 0 Å². The van der Waals surface area contributed by atoms with E-state index in [0.29, 0.717) is 0 Å². The Morgan fingerprint density at radius 1 is 1.06 bits per heavy atom. The number of aromatic nitrogens is 1. The third-order valence-corrected chi connectivity index (χ3v) is 2.96. The van der Waals surface area contributed by atoms with Gasteiger partial charge in [0.05, 0.1) is 0 Å². The van der Waals surface area contributed by atoms with Gasteiger partial charge in [0.2, 0.25) is 0 Å². The number of benzene rings is 1. The topological polar surface area (TPSA) is 12.9 Å². The molecule has 1 aromatic carbocycles. The number of hydrogen-bond donors (Lipinski definition) is 0. The number of aryl methyl sites for hydroxylation is 2. The van der Waals surface area contributed by atoms with Crippen molar-refractivity contribution in [3.05, 3.63) is 65.0 Å². The zero-order chi connectivity index (χ0) is 12.1. The second kappa shape index (κ2) is 5.44. The van der Waals surface area contributed by atoms with Crippen LogP contribution in [0.25, 0.3) is 12.2 Å². The van der Waals surface area contributed by atoms with Crippen molar-refractivity contribution in [1.29, 1.82) is 0 Å². The number of hydrogen-bond acceptors (Lipinski definition) is 1. The lowest BCUT2D eigenvalue weighted by atomic mass is 10.0. The molecular weight excluding hydrogens is 206 g/mol. The molecule has 1 aromatic heterocycles. The standard InChI is InChI=1S/C16H17N/c1-3-14-10-11-17-12-16(14)9-8-15-7-5-4-6-13(15)2/h4-12H,3H2,1-2H3/b9-8-. The van der Waals surface area contributed by atoms with Crippen molar-refractivity contribution in [1.82, 2.24) is 4.98 Å². The van der Waals surface area contributed by atoms with E-state index >= 15 is 0 Å². The Morgan fingerprint density at radius 2 is 1.82 bits per heavy atom. The normalized spacial score (nSPS) is 10.9. The molecule has 0 unspecified atom stereocenters. The maximum Gasteiger partial charge on any atom is 0.0343 e. The Hall–Kier alpha value is -1.89. The second-order valence-corrected chi connectivity index (χ2v) is 4.12. The van der Waals surface area contributed by atoms with Crippen LogP contribution in [0.3, 0.4) is 0 Å². The first-order valence-electron chi connectivity index (χ1n) is 5.98. The molecule has 0 aliphatic carbocycles. The summed E-state index contributed by atoms with van der Waals surface area (Å²) >= 11 is 0. The average Bonchev–Trinajstić information content (AvgIpc) is 2.38. The molecule has 0 N–H and O–H groups in total. The van der Waals surface area contributed by atoms with Crippen molar-refractivity contribution in [2.75, 3.05) is 0 Å². The molecule has 0 amide bonds. The lowest BCUT2D eigenvalue weighted by Crippen LogP contribution is -1.87. The van der Waals surface area contributed by atoms with Crippen LogP contribution in [-0.2, 0) is 6.42 Å². The van der Waals surface area contributed by atoms with Crippen LogP contribution in [0.1, 0.15) is 29.2 Å². The van der Waals surface area contributed by atoms with E-state index < -0.39 is 0 Å². The van der Waals surface area contributed by atoms with Gasteiger partial charge in [-0.1, -0.05) is 43.3 Å². The van der Waals surface area contributed by atoms with E-state index in [9.17, 15) is 0 Å². The van der Waals surface area contributed by atoms with E-state index in [1.165, 1.54) is 22.3 Å². The Bertz CT molecular complexity index is 527. The minimum atomic E-state index is 1.04. The molecule has 0 aliphatic heterocycles. The molecule has 17 heavy (non-hydrogen) atoms. The highest BCUT2D eigenvalue weighted by Gasteiger charge is 1.96. The third-order valence-electron chi connectivity index (χ3n) is 2.96. The van der Waals surface area contributed by atoms with Gasteiger partial charge >= 0.3 is 0 Å². The molecule has 0 atom stereocenters. The first kappa shape index (κ1) is 11.6. The summed E-state index contributed by atoms with van der Waals surface area (Å²) in [7, 11) is 0. The summed E-state index contributed by atoms with van der Waals surface area (Å²) in [5.41, 5.74) is 5.10. The van der Waals surface area contributed by atoms with E-state index in [1.54, 1.807) is 0 Å². The molecule has 0 saturated carbocycles. The number of nitrogens with zero attached hydrogens (tertiary/aromatic N) is 1. The van der Waals surface area contributed by atoms with E-state index in [0.717, 1.165) is 6.42 Å². The largest absolute Gasteiger partial charge is 0.264 e. The molecule has 0 saturated heterocycles. The quantitative estimate of drug-likeness (QED) is 0.762. The summed E-state index contributed by atoms with van der Waals surface area (Å²) in [5.74, 6) is 0. The van der Waals surface area contributed by atoms with Crippen molar-refractivity contribution < 1.29 is 0 Å². The van der Waals surface area contributed by atoms with Crippen molar-refractivity contribution in [2.24, 2.45) is 0 Å². The maximum absolute atomic E-state index is 4.18. The molecule has 0 aliphatic rings. The molecule has 86 valence electrons. The summed E-state index contributed by atoms with van der Waals surface area (Å²) in [6.07, 6.45) is 9.12. The fraction of sp³-hybridized carbons (Fsp3) is 0.188. The molecule has 1 heteroatoms. The van der Waals surface area contributed by atoms with Gasteiger partial charge in [-0.2, -0.15) is 0 Å². The zero-order valence-corrected chi connectivity index (χ0v) is 10.4. The summed E-state index contributed by atoms with van der Waals surface area (Å²) in [6.45, 7) is 4.30. The van der Waals surface area contributed by atoms with Crippen LogP contribution in [0.2, 0.25) is 0 Å². The van der Waals surface area contributed by atoms with Crippen LogP contribution in [0, 0.1) is 6.92 Å². The lowest BCUT2D eigenvalue weighted by Gasteiger charge is -2.02. The van der Waals surface area contributed by atoms with Crippen LogP contribution < -0.4 is 0 Å². The van der Waals surface area contributed by atoms with Crippen molar-refractivity contribution in [2.45, 2.75) is 20.3 Å². The zero-order valence-electron chi connectivity index (χ0n) is 10.4. The van der Waals surface area contributed by atoms with Gasteiger partial charge in [0, 0.05) is 12.4 Å². The van der Waals surface area contributed by atoms with E-state index in [4.69, 9.17) is 0 Å². The van der Waals surface area contributed by atoms with Crippen molar-refractivity contribution >= 4 is 12.2 Å². The van der Waals surface area contributed by atoms with Crippen LogP contribution >= 0.6 is 0 Å². The van der Waals surface area contributed by atoms with Gasteiger partial charge < -0.3 is 0 Å². The predicted molar refractivity (Wildman–Crippen MR) is 73.7 cm³/mol. The Morgan fingerprint density at radius 3 is 2.59 bits per heavy atom. The SMILES string of the molecule is CCc1ccncc1/C=C\c1ccccc1C. The highest BCUT2D eigenvalue weighted by molar-refractivity contribution is 5.72. The monoisotopic (exact) mass is 223 g/mol. The van der Waals surface area contributed by atoms with E-state index in [2.05, 4.69) is 61.3 Å². The average molecular weight is 223 g/mol. The number of pyridine rings is 1. The van der Waals surface area contributed by atoms with Gasteiger partial charge in [-0.25, -0.2) is 0 Å². The molecule has 1 nitrogen and oxygen atoms in total. The minimum absolute atomic E-state index is 1.04. The van der Waals surface area contributed by atoms with Gasteiger partial charge in [0.1, 0.15) is 0 Å². The van der Waals surface area contributed by atoms with Gasteiger partial charge in [-0.15, -0.1) is 0 Å². The first-order chi connectivity index (χ1) is 8.31. The molecule has 0 fully saturated rings. The Kier molecular flexibility index (Phi) is 3.71. The molecule has 0 bridgehead atoms. The molecular formula is C16H17N. The molecule has 1 heterocycles.